The van der Waals surface area contributed by atoms with E-state index in [4.69, 9.17) is 44.8 Å². The molecule has 456 valence electrons. The number of esters is 1. The lowest BCUT2D eigenvalue weighted by Gasteiger charge is -2.49. The number of ether oxygens (including phenoxy) is 7. The molecule has 5 fully saturated rings. The Balaban J connectivity index is 0.000000407. The third-order valence-corrected chi connectivity index (χ3v) is 18.6. The highest BCUT2D eigenvalue weighted by Gasteiger charge is 2.54. The zero-order valence-corrected chi connectivity index (χ0v) is 50.9. The third kappa shape index (κ3) is 16.1. The molecule has 0 saturated carbocycles. The maximum absolute atomic E-state index is 14.1. The third-order valence-electron chi connectivity index (χ3n) is 17.5. The number of Topliss-reactive ketones (excluding diaryl/α,β-unsaturated/α-hetero) is 1. The van der Waals surface area contributed by atoms with Crippen LogP contribution in [0.3, 0.4) is 0 Å². The van der Waals surface area contributed by atoms with E-state index in [0.29, 0.717) is 12.3 Å². The highest BCUT2D eigenvalue weighted by atomic mass is 35.5. The fourth-order valence-corrected chi connectivity index (χ4v) is 13.4. The lowest BCUT2D eigenvalue weighted by Crippen LogP contribution is -2.65. The number of likely N-dealkylation sites (N-methyl/N-ethyl adjacent to an activating group) is 2. The van der Waals surface area contributed by atoms with Gasteiger partial charge >= 0.3 is 5.97 Å². The van der Waals surface area contributed by atoms with Gasteiger partial charge in [0.2, 0.25) is 5.91 Å². The summed E-state index contributed by atoms with van der Waals surface area (Å²) in [6.45, 7) is 21.1. The molecule has 0 aromatic carbocycles. The number of ketones is 1. The number of thioether (sulfide) groups is 1. The zero-order chi connectivity index (χ0) is 59.3. The van der Waals surface area contributed by atoms with Gasteiger partial charge in [0, 0.05) is 43.9 Å². The molecule has 0 radical (unpaired) electrons. The molecule has 0 bridgehead atoms. The number of rotatable bonds is 14. The molecule has 21 nitrogen and oxygen atoms in total. The molecule has 27 atom stereocenters. The van der Waals surface area contributed by atoms with E-state index in [2.05, 4.69) is 12.2 Å². The molecule has 78 heavy (non-hydrogen) atoms. The van der Waals surface area contributed by atoms with Gasteiger partial charge in [-0.15, -0.1) is 23.4 Å². The van der Waals surface area contributed by atoms with Crippen molar-refractivity contribution in [2.24, 2.45) is 29.6 Å². The van der Waals surface area contributed by atoms with Crippen LogP contribution >= 0.6 is 23.4 Å². The molecule has 0 spiro atoms. The topological polar surface area (TPSA) is 296 Å². The van der Waals surface area contributed by atoms with Crippen molar-refractivity contribution in [1.82, 2.24) is 15.1 Å². The highest BCUT2D eigenvalue weighted by Crippen LogP contribution is 2.41. The van der Waals surface area contributed by atoms with Crippen LogP contribution in [0.4, 0.5) is 0 Å². The first-order valence-electron chi connectivity index (χ1n) is 28.1. The van der Waals surface area contributed by atoms with Crippen molar-refractivity contribution in [3.8, 4) is 0 Å². The summed E-state index contributed by atoms with van der Waals surface area (Å²) in [5.74, 6) is -4.63. The number of hydrogen-bond donors (Lipinski definition) is 9. The Hall–Kier alpha value is -1.39. The van der Waals surface area contributed by atoms with Crippen molar-refractivity contribution in [3.63, 3.8) is 0 Å². The van der Waals surface area contributed by atoms with E-state index in [1.165, 1.54) is 39.6 Å². The number of alkyl halides is 1. The Morgan fingerprint density at radius 1 is 0.885 bits per heavy atom. The quantitative estimate of drug-likeness (QED) is 0.0890. The molecule has 0 aliphatic carbocycles. The predicted octanol–water partition coefficient (Wildman–Crippen LogP) is 2.18. The van der Waals surface area contributed by atoms with E-state index in [1.54, 1.807) is 54.7 Å². The summed E-state index contributed by atoms with van der Waals surface area (Å²) in [5, 5.41) is 90.6. The number of methoxy groups -OCH3 is 1. The maximum atomic E-state index is 14.1. The fourth-order valence-electron chi connectivity index (χ4n) is 12.5. The standard InChI is InChI=1S/C37H67NO13.C18H33ClN2O5S/c1-14-25-37(10,45)30(41)20(4)27(39)18(2)16-35(8,44)32(51-34-28(40)24(38(11)12)15-19(3)47-34)21(5)29(22(6)33(43)49-25)50-26-17-36(9,46-13)31(42)23(7)48-26;1-5-6-10-7-11(21(3)8-10)17(25)20-12(9(2)19)16-14(23)13(22)15(24)18(26-16)27-4/h18-26,28-32,34,40-42,44-45H,14-17H2,1-13H3;9-16,18,22-24H,5-8H2,1-4H3,(H,20,25)/t18-,19-,20+,21+,22-,23+,24+,25-,26+,28-,29+,30-,31+,32-,34+,35-,36-,37-;9-,10+,11-,12+,13-,14+,15+,16+,18+/m10/s1. The largest absolute Gasteiger partial charge is 0.459 e. The van der Waals surface area contributed by atoms with E-state index in [-0.39, 0.29) is 43.4 Å². The molecule has 5 saturated heterocycles. The van der Waals surface area contributed by atoms with Crippen molar-refractivity contribution in [2.45, 2.75) is 260 Å². The van der Waals surface area contributed by atoms with Crippen LogP contribution < -0.4 is 5.32 Å². The Morgan fingerprint density at radius 2 is 1.51 bits per heavy atom. The lowest BCUT2D eigenvalue weighted by molar-refractivity contribution is -0.318. The van der Waals surface area contributed by atoms with Gasteiger partial charge in [-0.05, 0) is 114 Å². The van der Waals surface area contributed by atoms with E-state index >= 15 is 0 Å². The second-order valence-electron chi connectivity index (χ2n) is 24.2. The minimum Gasteiger partial charge on any atom is -0.459 e. The van der Waals surface area contributed by atoms with Gasteiger partial charge in [0.15, 0.2) is 12.6 Å². The molecule has 0 aromatic rings. The van der Waals surface area contributed by atoms with Crippen molar-refractivity contribution in [1.29, 1.82) is 0 Å². The molecular formula is C55H100ClN3O18S. The minimum atomic E-state index is -1.99. The highest BCUT2D eigenvalue weighted by molar-refractivity contribution is 7.99. The number of hydrogen-bond acceptors (Lipinski definition) is 21. The lowest BCUT2D eigenvalue weighted by atomic mass is 9.74. The molecule has 9 N–H and O–H groups in total. The minimum absolute atomic E-state index is 0.0936. The Bertz CT molecular complexity index is 1910. The van der Waals surface area contributed by atoms with Crippen molar-refractivity contribution >= 4 is 41.0 Å². The van der Waals surface area contributed by atoms with Gasteiger partial charge in [0.1, 0.15) is 59.5 Å². The van der Waals surface area contributed by atoms with Crippen LogP contribution in [0.5, 0.6) is 0 Å². The predicted molar refractivity (Wildman–Crippen MR) is 293 cm³/mol. The summed E-state index contributed by atoms with van der Waals surface area (Å²) in [4.78, 5) is 44.7. The van der Waals surface area contributed by atoms with Crippen LogP contribution in [0, 0.1) is 29.6 Å². The number of carbonyl (C=O) groups excluding carboxylic acids is 3. The number of aliphatic hydroxyl groups is 8. The van der Waals surface area contributed by atoms with Crippen LogP contribution in [-0.2, 0) is 47.5 Å². The van der Waals surface area contributed by atoms with Crippen LogP contribution in [-0.4, -0.2) is 241 Å². The molecular weight excluding hydrogens is 1060 g/mol. The number of cyclic esters (lactones) is 1. The summed E-state index contributed by atoms with van der Waals surface area (Å²) in [6.07, 6.45) is -9.81. The van der Waals surface area contributed by atoms with Crippen LogP contribution in [0.25, 0.3) is 0 Å². The summed E-state index contributed by atoms with van der Waals surface area (Å²) >= 11 is 7.55. The van der Waals surface area contributed by atoms with Crippen molar-refractivity contribution in [2.75, 3.05) is 41.1 Å². The van der Waals surface area contributed by atoms with Gasteiger partial charge in [-0.2, -0.15) is 0 Å². The van der Waals surface area contributed by atoms with Gasteiger partial charge in [0.05, 0.1) is 65.1 Å². The smallest absolute Gasteiger partial charge is 0.311 e. The molecule has 5 aliphatic rings. The number of carbonyl (C=O) groups is 3. The Labute approximate surface area is 473 Å². The number of halogens is 1. The summed E-state index contributed by atoms with van der Waals surface area (Å²) in [7, 11) is 7.12. The average Bonchev–Trinajstić information content (AvgIpc) is 3.75. The van der Waals surface area contributed by atoms with Crippen LogP contribution in [0.1, 0.15) is 128 Å². The zero-order valence-electron chi connectivity index (χ0n) is 49.4. The number of likely N-dealkylation sites (tertiary alicyclic amines) is 1. The number of aliphatic hydroxyl groups excluding tert-OH is 6. The first kappa shape index (κ1) is 69.1. The number of nitrogens with one attached hydrogen (secondary N) is 1. The molecule has 5 heterocycles. The number of amides is 1. The molecule has 5 aliphatic heterocycles. The first-order valence-corrected chi connectivity index (χ1v) is 29.8. The van der Waals surface area contributed by atoms with Gasteiger partial charge in [0.25, 0.3) is 0 Å². The SMILES string of the molecule is CCC[C@@H]1C[C@@H](C(=O)N[C@@H]([C@H]2O[C@H](SC)[C@H](O)[C@@H](O)[C@H]2O)[C@H](C)Cl)N(C)C1.CC[C@H]1OC(=O)[C@H](C)[C@@H](O[C@H]2C[C@@](C)(OC)[C@@H](O)[C@H](C)O2)[C@H](C)[C@@H](O[C@@H]2O[C@H](C)C[C@H](N(C)C)[C@H]2O)[C@](C)(O)C[C@@H](C)C(=O)[C@H](C)[C@@H](O)[C@]1(C)O. The molecule has 5 rings (SSSR count). The summed E-state index contributed by atoms with van der Waals surface area (Å²) < 4.78 is 42.8. The van der Waals surface area contributed by atoms with E-state index in [9.17, 15) is 55.2 Å². The second-order valence-corrected chi connectivity index (χ2v) is 25.8. The van der Waals surface area contributed by atoms with Gasteiger partial charge in [-0.3, -0.25) is 19.3 Å². The van der Waals surface area contributed by atoms with Crippen molar-refractivity contribution in [3.05, 3.63) is 0 Å². The maximum Gasteiger partial charge on any atom is 0.311 e. The number of nitrogens with zero attached hydrogens (tertiary/aromatic N) is 2. The molecule has 0 aromatic heterocycles. The molecule has 23 heteroatoms. The molecule has 1 amide bonds. The Kier molecular flexibility index (Phi) is 25.6. The van der Waals surface area contributed by atoms with Crippen LogP contribution in [0.2, 0.25) is 0 Å². The van der Waals surface area contributed by atoms with Crippen LogP contribution in [0.15, 0.2) is 0 Å². The second kappa shape index (κ2) is 28.9. The fraction of sp³-hybridized carbons (Fsp3) is 0.945. The summed E-state index contributed by atoms with van der Waals surface area (Å²) in [5.41, 5.74) is -5.54. The van der Waals surface area contributed by atoms with E-state index < -0.39 is 149 Å². The van der Waals surface area contributed by atoms with Gasteiger partial charge in [-0.25, -0.2) is 0 Å². The Morgan fingerprint density at radius 3 is 2.06 bits per heavy atom. The molecule has 0 unspecified atom stereocenters. The normalized spacial score (nSPS) is 46.3. The monoisotopic (exact) mass is 1160 g/mol. The first-order chi connectivity index (χ1) is 36.1. The van der Waals surface area contributed by atoms with Gasteiger partial charge < -0.3 is 84.2 Å². The summed E-state index contributed by atoms with van der Waals surface area (Å²) in [6, 6.07) is -1.26. The van der Waals surface area contributed by atoms with E-state index in [1.807, 2.05) is 37.9 Å². The van der Waals surface area contributed by atoms with Crippen molar-refractivity contribution < 1.29 is 88.4 Å². The average molecular weight is 1160 g/mol. The van der Waals surface area contributed by atoms with E-state index in [0.717, 1.165) is 25.8 Å². The van der Waals surface area contributed by atoms with Gasteiger partial charge in [-0.1, -0.05) is 41.0 Å².